The van der Waals surface area contributed by atoms with Crippen LogP contribution in [0.3, 0.4) is 0 Å². The summed E-state index contributed by atoms with van der Waals surface area (Å²) >= 11 is 6.03. The smallest absolute Gasteiger partial charge is 0.321 e. The lowest BCUT2D eigenvalue weighted by molar-refractivity contribution is 0.0302. The number of aromatic nitrogens is 3. The van der Waals surface area contributed by atoms with Crippen LogP contribution in [0.5, 0.6) is 0 Å². The van der Waals surface area contributed by atoms with E-state index in [1.165, 1.54) is 5.56 Å². The SMILES string of the molecule is Cc1c(NC(=O)N2CCN(Cc3ccc(Cl)cc3)CC2)cccc1-c1cc(Nc2ccc(C(=O)N3CCOCC3)cn2)c2nccn2c1. The Hall–Kier alpha value is -4.97. The van der Waals surface area contributed by atoms with Crippen LogP contribution in [0.4, 0.5) is 22.0 Å². The number of hydrogen-bond acceptors (Lipinski definition) is 7. The fourth-order valence-electron chi connectivity index (χ4n) is 6.19. The van der Waals surface area contributed by atoms with Crippen molar-refractivity contribution in [1.82, 2.24) is 29.1 Å². The number of carbonyl (C=O) groups excluding carboxylic acids is 2. The predicted octanol–water partition coefficient (Wildman–Crippen LogP) is 5.92. The number of morpholine rings is 1. The zero-order valence-corrected chi connectivity index (χ0v) is 27.5. The van der Waals surface area contributed by atoms with E-state index >= 15 is 0 Å². The molecule has 3 amide bonds. The van der Waals surface area contributed by atoms with Crippen LogP contribution < -0.4 is 10.6 Å². The predicted molar refractivity (Wildman–Crippen MR) is 187 cm³/mol. The van der Waals surface area contributed by atoms with E-state index in [2.05, 4.69) is 25.5 Å². The quantitative estimate of drug-likeness (QED) is 0.222. The summed E-state index contributed by atoms with van der Waals surface area (Å²) in [4.78, 5) is 41.3. The van der Waals surface area contributed by atoms with Crippen molar-refractivity contribution >= 4 is 46.4 Å². The van der Waals surface area contributed by atoms with Crippen molar-refractivity contribution < 1.29 is 14.3 Å². The zero-order valence-electron chi connectivity index (χ0n) is 26.7. The molecule has 2 aliphatic rings. The summed E-state index contributed by atoms with van der Waals surface area (Å²) in [6, 6.07) is 19.4. The summed E-state index contributed by atoms with van der Waals surface area (Å²) in [6.07, 6.45) is 7.27. The number of imidazole rings is 1. The summed E-state index contributed by atoms with van der Waals surface area (Å²) in [7, 11) is 0. The van der Waals surface area contributed by atoms with Crippen molar-refractivity contribution in [3.8, 4) is 11.1 Å². The molecule has 0 spiro atoms. The van der Waals surface area contributed by atoms with Crippen LogP contribution in [-0.2, 0) is 11.3 Å². The Kier molecular flexibility index (Phi) is 9.24. The first-order valence-electron chi connectivity index (χ1n) is 16.1. The largest absolute Gasteiger partial charge is 0.378 e. The van der Waals surface area contributed by atoms with Crippen LogP contribution >= 0.6 is 11.6 Å². The first-order valence-corrected chi connectivity index (χ1v) is 16.5. The number of hydrogen-bond donors (Lipinski definition) is 2. The fraction of sp³-hybridized carbons (Fsp3) is 0.278. The lowest BCUT2D eigenvalue weighted by atomic mass is 10.00. The van der Waals surface area contributed by atoms with Gasteiger partial charge in [-0.3, -0.25) is 9.69 Å². The molecule has 11 nitrogen and oxygen atoms in total. The number of ether oxygens (including phenoxy) is 1. The number of piperazine rings is 1. The van der Waals surface area contributed by atoms with Crippen molar-refractivity contribution in [1.29, 1.82) is 0 Å². The Bertz CT molecular complexity index is 1910. The molecule has 2 aliphatic heterocycles. The topological polar surface area (TPSA) is 107 Å². The maximum Gasteiger partial charge on any atom is 0.321 e. The van der Waals surface area contributed by atoms with E-state index in [0.717, 1.165) is 58.4 Å². The van der Waals surface area contributed by atoms with E-state index < -0.39 is 0 Å². The van der Waals surface area contributed by atoms with Gasteiger partial charge >= 0.3 is 6.03 Å². The Labute approximate surface area is 284 Å². The summed E-state index contributed by atoms with van der Waals surface area (Å²) in [5.74, 6) is 0.551. The normalized spacial score (nSPS) is 15.5. The number of carbonyl (C=O) groups is 2. The number of nitrogens with one attached hydrogen (secondary N) is 2. The molecule has 0 bridgehead atoms. The van der Waals surface area contributed by atoms with Crippen LogP contribution in [0.2, 0.25) is 5.02 Å². The van der Waals surface area contributed by atoms with E-state index in [0.29, 0.717) is 50.8 Å². The van der Waals surface area contributed by atoms with Crippen molar-refractivity contribution in [2.75, 3.05) is 63.1 Å². The van der Waals surface area contributed by atoms with Crippen LogP contribution in [0.1, 0.15) is 21.5 Å². The van der Waals surface area contributed by atoms with Gasteiger partial charge in [-0.15, -0.1) is 0 Å². The number of halogens is 1. The molecule has 3 aromatic heterocycles. The third-order valence-corrected chi connectivity index (χ3v) is 9.18. The molecule has 2 N–H and O–H groups in total. The Morgan fingerprint density at radius 2 is 1.69 bits per heavy atom. The molecule has 0 aliphatic carbocycles. The lowest BCUT2D eigenvalue weighted by Gasteiger charge is -2.34. The Morgan fingerprint density at radius 3 is 2.44 bits per heavy atom. The second kappa shape index (κ2) is 14.0. The van der Waals surface area contributed by atoms with E-state index in [1.54, 1.807) is 29.4 Å². The first kappa shape index (κ1) is 31.6. The minimum absolute atomic E-state index is 0.0474. The van der Waals surface area contributed by atoms with Crippen LogP contribution in [0, 0.1) is 6.92 Å². The van der Waals surface area contributed by atoms with E-state index in [-0.39, 0.29) is 11.9 Å². The molecule has 5 heterocycles. The fourth-order valence-corrected chi connectivity index (χ4v) is 6.31. The van der Waals surface area contributed by atoms with Crippen molar-refractivity contribution in [3.05, 3.63) is 107 Å². The second-order valence-electron chi connectivity index (χ2n) is 12.1. The van der Waals surface area contributed by atoms with Gasteiger partial charge in [-0.25, -0.2) is 14.8 Å². The standard InChI is InChI=1S/C36H37ClN8O3/c1-25-30(3-2-4-31(25)41-36(47)44-15-13-42(14-16-44)23-26-5-8-29(37)9-6-26)28-21-32(34-38-11-12-45(34)24-28)40-33-10-7-27(22-39-33)35(46)43-17-19-48-20-18-43/h2-12,21-22,24H,13-20,23H2,1H3,(H,39,40)(H,41,47). The van der Waals surface area contributed by atoms with Crippen molar-refractivity contribution in [2.24, 2.45) is 0 Å². The Morgan fingerprint density at radius 1 is 0.896 bits per heavy atom. The highest BCUT2D eigenvalue weighted by molar-refractivity contribution is 6.30. The molecule has 0 radical (unpaired) electrons. The number of amides is 3. The molecule has 246 valence electrons. The molecule has 2 saturated heterocycles. The third kappa shape index (κ3) is 6.98. The summed E-state index contributed by atoms with van der Waals surface area (Å²) in [5, 5.41) is 7.28. The van der Waals surface area contributed by atoms with Crippen molar-refractivity contribution in [3.63, 3.8) is 0 Å². The van der Waals surface area contributed by atoms with E-state index in [9.17, 15) is 9.59 Å². The highest BCUT2D eigenvalue weighted by atomic mass is 35.5. The monoisotopic (exact) mass is 664 g/mol. The molecule has 5 aromatic rings. The summed E-state index contributed by atoms with van der Waals surface area (Å²) in [6.45, 7) is 8.03. The average Bonchev–Trinajstić information content (AvgIpc) is 3.60. The molecule has 12 heteroatoms. The minimum atomic E-state index is -0.101. The molecule has 2 aromatic carbocycles. The van der Waals surface area contributed by atoms with Gasteiger partial charge in [0.25, 0.3) is 5.91 Å². The number of anilines is 3. The molecule has 0 unspecified atom stereocenters. The first-order chi connectivity index (χ1) is 23.4. The van der Waals surface area contributed by atoms with Gasteiger partial charge in [-0.05, 0) is 60.0 Å². The molecule has 7 rings (SSSR count). The number of benzene rings is 2. The number of pyridine rings is 2. The van der Waals surface area contributed by atoms with Gasteiger partial charge in [0.2, 0.25) is 0 Å². The number of rotatable bonds is 7. The van der Waals surface area contributed by atoms with Gasteiger partial charge in [0.05, 0.1) is 24.5 Å². The van der Waals surface area contributed by atoms with E-state index in [4.69, 9.17) is 16.3 Å². The van der Waals surface area contributed by atoms with Crippen LogP contribution in [0.25, 0.3) is 16.8 Å². The summed E-state index contributed by atoms with van der Waals surface area (Å²) < 4.78 is 7.33. The van der Waals surface area contributed by atoms with Crippen molar-refractivity contribution in [2.45, 2.75) is 13.5 Å². The van der Waals surface area contributed by atoms with Gasteiger partial charge in [-0.1, -0.05) is 35.9 Å². The average molecular weight is 665 g/mol. The van der Waals surface area contributed by atoms with Gasteiger partial charge < -0.3 is 29.6 Å². The molecule has 0 saturated carbocycles. The molecule has 0 atom stereocenters. The number of nitrogens with zero attached hydrogens (tertiary/aromatic N) is 6. The number of urea groups is 1. The number of fused-ring (bicyclic) bond motifs is 1. The maximum absolute atomic E-state index is 13.3. The van der Waals surface area contributed by atoms with Gasteiger partial charge in [0, 0.05) is 86.9 Å². The lowest BCUT2D eigenvalue weighted by Crippen LogP contribution is -2.49. The molecular weight excluding hydrogens is 628 g/mol. The molecular formula is C36H37ClN8O3. The maximum atomic E-state index is 13.3. The molecule has 2 fully saturated rings. The highest BCUT2D eigenvalue weighted by Gasteiger charge is 2.23. The van der Waals surface area contributed by atoms with Crippen LogP contribution in [-0.4, -0.2) is 93.5 Å². The van der Waals surface area contributed by atoms with Crippen LogP contribution in [0.15, 0.2) is 85.5 Å². The third-order valence-electron chi connectivity index (χ3n) is 8.92. The van der Waals surface area contributed by atoms with Gasteiger partial charge in [0.1, 0.15) is 5.82 Å². The zero-order chi connectivity index (χ0) is 33.0. The molecule has 48 heavy (non-hydrogen) atoms. The summed E-state index contributed by atoms with van der Waals surface area (Å²) in [5.41, 5.74) is 6.92. The Balaban J connectivity index is 1.04. The van der Waals surface area contributed by atoms with E-state index in [1.807, 2.05) is 77.1 Å². The highest BCUT2D eigenvalue weighted by Crippen LogP contribution is 2.33. The minimum Gasteiger partial charge on any atom is -0.378 e. The second-order valence-corrected chi connectivity index (χ2v) is 12.5. The van der Waals surface area contributed by atoms with Gasteiger partial charge in [-0.2, -0.15) is 0 Å². The van der Waals surface area contributed by atoms with Gasteiger partial charge in [0.15, 0.2) is 5.65 Å².